The number of nitrogens with one attached hydrogen (secondary N) is 1. The van der Waals surface area contributed by atoms with Crippen LogP contribution in [0.5, 0.6) is 5.75 Å². The molecule has 1 unspecified atom stereocenters. The molecule has 0 fully saturated rings. The van der Waals surface area contributed by atoms with E-state index in [4.69, 9.17) is 4.74 Å². The lowest BCUT2D eigenvalue weighted by Crippen LogP contribution is -2.15. The number of carbonyl (C=O) groups excluding carboxylic acids is 1. The largest absolute Gasteiger partial charge is 0.486 e. The highest BCUT2D eigenvalue weighted by Gasteiger charge is 2.25. The zero-order chi connectivity index (χ0) is 23.4. The molecule has 0 radical (unpaired) electrons. The van der Waals surface area contributed by atoms with E-state index in [1.54, 1.807) is 11.3 Å². The van der Waals surface area contributed by atoms with Crippen molar-refractivity contribution in [3.8, 4) is 11.8 Å². The van der Waals surface area contributed by atoms with Crippen molar-refractivity contribution in [3.63, 3.8) is 0 Å². The van der Waals surface area contributed by atoms with Gasteiger partial charge in [0.1, 0.15) is 23.4 Å². The number of hydrogen-bond donors (Lipinski definition) is 1. The van der Waals surface area contributed by atoms with Gasteiger partial charge in [0.05, 0.1) is 11.3 Å². The van der Waals surface area contributed by atoms with Crippen LogP contribution in [0.3, 0.4) is 0 Å². The van der Waals surface area contributed by atoms with E-state index in [1.807, 2.05) is 35.8 Å². The van der Waals surface area contributed by atoms with E-state index >= 15 is 0 Å². The van der Waals surface area contributed by atoms with Crippen LogP contribution in [0, 0.1) is 17.2 Å². The fourth-order valence-electron chi connectivity index (χ4n) is 3.78. The fourth-order valence-corrected chi connectivity index (χ4v) is 6.24. The maximum absolute atomic E-state index is 12.7. The van der Waals surface area contributed by atoms with Crippen LogP contribution in [-0.4, -0.2) is 26.4 Å². The summed E-state index contributed by atoms with van der Waals surface area (Å²) in [6.07, 6.45) is 2.97. The Morgan fingerprint density at radius 3 is 2.91 bits per heavy atom. The molecule has 0 saturated carbocycles. The molecule has 2 aromatic heterocycles. The molecule has 1 aliphatic rings. The molecule has 172 valence electrons. The maximum Gasteiger partial charge on any atom is 0.235 e. The van der Waals surface area contributed by atoms with Crippen LogP contribution in [0.25, 0.3) is 0 Å². The van der Waals surface area contributed by atoms with Crippen molar-refractivity contribution in [1.82, 2.24) is 14.8 Å². The quantitative estimate of drug-likeness (QED) is 0.379. The molecule has 1 aliphatic carbocycles. The van der Waals surface area contributed by atoms with Gasteiger partial charge in [-0.2, -0.15) is 5.26 Å². The molecule has 1 aromatic carbocycles. The number of fused-ring (bicyclic) bond motifs is 1. The number of aromatic nitrogens is 3. The highest BCUT2D eigenvalue weighted by Crippen LogP contribution is 2.39. The highest BCUT2D eigenvalue weighted by molar-refractivity contribution is 9.10. The van der Waals surface area contributed by atoms with Gasteiger partial charge in [-0.05, 0) is 61.9 Å². The topological polar surface area (TPSA) is 92.8 Å². The molecule has 10 heteroatoms. The summed E-state index contributed by atoms with van der Waals surface area (Å²) in [7, 11) is 0. The number of halogens is 1. The Bertz CT molecular complexity index is 1180. The Hall–Kier alpha value is -2.35. The SMILES string of the molecule is CCn1c(COc2ccc(Br)cc2)nnc1SCC(=O)Nc1sc2c(c1C#N)CCC(C)C2. The van der Waals surface area contributed by atoms with Gasteiger partial charge in [-0.3, -0.25) is 4.79 Å². The predicted octanol–water partition coefficient (Wildman–Crippen LogP) is 5.43. The Morgan fingerprint density at radius 1 is 1.39 bits per heavy atom. The molecule has 0 aliphatic heterocycles. The van der Waals surface area contributed by atoms with E-state index in [2.05, 4.69) is 44.4 Å². The summed E-state index contributed by atoms with van der Waals surface area (Å²) >= 11 is 6.28. The zero-order valence-corrected chi connectivity index (χ0v) is 21.6. The smallest absolute Gasteiger partial charge is 0.235 e. The lowest BCUT2D eigenvalue weighted by molar-refractivity contribution is -0.113. The molecular formula is C23H24BrN5O2S2. The molecule has 7 nitrogen and oxygen atoms in total. The number of rotatable bonds is 8. The highest BCUT2D eigenvalue weighted by atomic mass is 79.9. The van der Waals surface area contributed by atoms with Crippen LogP contribution in [0.15, 0.2) is 33.9 Å². The second-order valence-electron chi connectivity index (χ2n) is 7.89. The average Bonchev–Trinajstić information content (AvgIpc) is 3.36. The zero-order valence-electron chi connectivity index (χ0n) is 18.4. The van der Waals surface area contributed by atoms with E-state index in [9.17, 15) is 10.1 Å². The minimum atomic E-state index is -0.151. The average molecular weight is 547 g/mol. The fraction of sp³-hybridized carbons (Fsp3) is 0.391. The first-order chi connectivity index (χ1) is 16.0. The van der Waals surface area contributed by atoms with Crippen molar-refractivity contribution < 1.29 is 9.53 Å². The van der Waals surface area contributed by atoms with Crippen LogP contribution >= 0.6 is 39.0 Å². The van der Waals surface area contributed by atoms with Gasteiger partial charge in [-0.25, -0.2) is 0 Å². The van der Waals surface area contributed by atoms with Gasteiger partial charge >= 0.3 is 0 Å². The maximum atomic E-state index is 12.7. The standard InChI is InChI=1S/C23H24BrN5O2S2/c1-3-29-20(12-31-16-7-5-15(24)6-8-16)27-28-23(29)32-13-21(30)26-22-18(11-25)17-9-4-14(2)10-19(17)33-22/h5-8,14H,3-4,9-10,12-13H2,1-2H3,(H,26,30). The predicted molar refractivity (Wildman–Crippen MR) is 134 cm³/mol. The number of ether oxygens (including phenoxy) is 1. The summed E-state index contributed by atoms with van der Waals surface area (Å²) < 4.78 is 8.75. The van der Waals surface area contributed by atoms with Crippen LogP contribution in [-0.2, 0) is 30.8 Å². The van der Waals surface area contributed by atoms with Gasteiger partial charge in [0.15, 0.2) is 11.0 Å². The number of nitrogens with zero attached hydrogens (tertiary/aromatic N) is 4. The monoisotopic (exact) mass is 545 g/mol. The normalized spacial score (nSPS) is 15.0. The van der Waals surface area contributed by atoms with E-state index < -0.39 is 0 Å². The first-order valence-corrected chi connectivity index (χ1v) is 13.4. The molecule has 3 aromatic rings. The summed E-state index contributed by atoms with van der Waals surface area (Å²) in [6, 6.07) is 9.90. The number of carbonyl (C=O) groups is 1. The molecule has 1 N–H and O–H groups in total. The molecule has 33 heavy (non-hydrogen) atoms. The van der Waals surface area contributed by atoms with Crippen LogP contribution < -0.4 is 10.1 Å². The number of anilines is 1. The molecule has 1 amide bonds. The molecule has 4 rings (SSSR count). The first-order valence-electron chi connectivity index (χ1n) is 10.8. The van der Waals surface area contributed by atoms with Crippen LogP contribution in [0.4, 0.5) is 5.00 Å². The number of hydrogen-bond acceptors (Lipinski definition) is 7. The van der Waals surface area contributed by atoms with Gasteiger partial charge in [-0.1, -0.05) is 34.6 Å². The number of thiophene rings is 1. The Morgan fingerprint density at radius 2 is 2.18 bits per heavy atom. The molecule has 2 heterocycles. The molecule has 0 bridgehead atoms. The van der Waals surface area contributed by atoms with Gasteiger partial charge in [0.2, 0.25) is 5.91 Å². The number of amides is 1. The minimum absolute atomic E-state index is 0.151. The Balaban J connectivity index is 1.37. The number of thioether (sulfide) groups is 1. The number of benzene rings is 1. The summed E-state index contributed by atoms with van der Waals surface area (Å²) in [4.78, 5) is 13.9. The van der Waals surface area contributed by atoms with E-state index in [0.717, 1.165) is 35.0 Å². The summed E-state index contributed by atoms with van der Waals surface area (Å²) in [5, 5.41) is 22.4. The van der Waals surface area contributed by atoms with Gasteiger partial charge in [0.25, 0.3) is 0 Å². The van der Waals surface area contributed by atoms with Crippen molar-refractivity contribution in [1.29, 1.82) is 5.26 Å². The van der Waals surface area contributed by atoms with E-state index in [1.165, 1.54) is 16.6 Å². The third-order valence-corrected chi connectivity index (χ3v) is 8.17. The second-order valence-corrected chi connectivity index (χ2v) is 10.9. The van der Waals surface area contributed by atoms with Crippen molar-refractivity contribution in [2.24, 2.45) is 5.92 Å². The summed E-state index contributed by atoms with van der Waals surface area (Å²) in [5.41, 5.74) is 1.74. The van der Waals surface area contributed by atoms with Crippen molar-refractivity contribution in [3.05, 3.63) is 50.6 Å². The Kier molecular flexibility index (Phi) is 7.73. The molecular weight excluding hydrogens is 522 g/mol. The van der Waals surface area contributed by atoms with Crippen LogP contribution in [0.1, 0.15) is 42.1 Å². The minimum Gasteiger partial charge on any atom is -0.486 e. The molecule has 0 spiro atoms. The third kappa shape index (κ3) is 5.60. The second kappa shape index (κ2) is 10.7. The summed E-state index contributed by atoms with van der Waals surface area (Å²) in [6.45, 7) is 5.20. The Labute approximate surface area is 209 Å². The lowest BCUT2D eigenvalue weighted by Gasteiger charge is -2.17. The van der Waals surface area contributed by atoms with Crippen molar-refractivity contribution >= 4 is 49.9 Å². The summed E-state index contributed by atoms with van der Waals surface area (Å²) in [5.74, 6) is 2.11. The van der Waals surface area contributed by atoms with Crippen LogP contribution in [0.2, 0.25) is 0 Å². The molecule has 1 atom stereocenters. The van der Waals surface area contributed by atoms with Crippen molar-refractivity contribution in [2.45, 2.75) is 51.4 Å². The molecule has 0 saturated heterocycles. The van der Waals surface area contributed by atoms with E-state index in [0.29, 0.717) is 40.6 Å². The van der Waals surface area contributed by atoms with Gasteiger partial charge < -0.3 is 14.6 Å². The first kappa shape index (κ1) is 23.8. The lowest BCUT2D eigenvalue weighted by atomic mass is 9.89. The van der Waals surface area contributed by atoms with Gasteiger partial charge in [0, 0.05) is 15.9 Å². The number of nitriles is 1. The van der Waals surface area contributed by atoms with Gasteiger partial charge in [-0.15, -0.1) is 21.5 Å². The van der Waals surface area contributed by atoms with Crippen molar-refractivity contribution in [2.75, 3.05) is 11.1 Å². The third-order valence-electron chi connectivity index (χ3n) is 5.50. The van der Waals surface area contributed by atoms with E-state index in [-0.39, 0.29) is 11.7 Å².